The van der Waals surface area contributed by atoms with Gasteiger partial charge in [-0.2, -0.15) is 0 Å². The maximum absolute atomic E-state index is 10.2. The topological polar surface area (TPSA) is 62.1 Å². The minimum atomic E-state index is -0.243. The van der Waals surface area contributed by atoms with E-state index in [4.69, 9.17) is 4.98 Å². The van der Waals surface area contributed by atoms with Crippen LogP contribution in [0.25, 0.3) is 11.4 Å². The number of aromatic nitrogens is 3. The van der Waals surface area contributed by atoms with Crippen molar-refractivity contribution in [2.24, 2.45) is 5.41 Å². The van der Waals surface area contributed by atoms with Gasteiger partial charge in [0.25, 0.3) is 0 Å². The van der Waals surface area contributed by atoms with Crippen molar-refractivity contribution < 1.29 is 5.11 Å². The molecule has 0 spiro atoms. The number of aliphatic hydroxyl groups excluding tert-OH is 1. The molecule has 1 N–H and O–H groups in total. The summed E-state index contributed by atoms with van der Waals surface area (Å²) >= 11 is 0. The van der Waals surface area contributed by atoms with Crippen molar-refractivity contribution in [1.29, 1.82) is 0 Å². The number of nitrogens with zero attached hydrogens (tertiary/aromatic N) is 4. The van der Waals surface area contributed by atoms with E-state index in [1.807, 2.05) is 19.1 Å². The highest BCUT2D eigenvalue weighted by Crippen LogP contribution is 2.33. The second kappa shape index (κ2) is 6.48. The lowest BCUT2D eigenvalue weighted by Crippen LogP contribution is -2.34. The molecular weight excluding hydrogens is 300 g/mol. The number of rotatable bonds is 2. The van der Waals surface area contributed by atoms with E-state index in [0.717, 1.165) is 54.4 Å². The molecule has 3 heterocycles. The van der Waals surface area contributed by atoms with Crippen LogP contribution in [0.2, 0.25) is 0 Å². The predicted molar refractivity (Wildman–Crippen MR) is 96.0 cm³/mol. The first kappa shape index (κ1) is 16.8. The van der Waals surface area contributed by atoms with Crippen LogP contribution in [-0.4, -0.2) is 39.3 Å². The van der Waals surface area contributed by atoms with Crippen LogP contribution < -0.4 is 4.90 Å². The number of hydrogen-bond donors (Lipinski definition) is 1. The van der Waals surface area contributed by atoms with Crippen molar-refractivity contribution in [3.05, 3.63) is 35.8 Å². The third-order valence-corrected chi connectivity index (χ3v) is 4.74. The van der Waals surface area contributed by atoms with Gasteiger partial charge in [0, 0.05) is 42.3 Å². The molecular formula is C19H26N4O. The molecule has 2 aromatic rings. The Hall–Kier alpha value is -2.01. The Balaban J connectivity index is 2.02. The molecule has 0 saturated carbocycles. The molecule has 3 rings (SSSR count). The largest absolute Gasteiger partial charge is 0.393 e. The van der Waals surface area contributed by atoms with Gasteiger partial charge in [-0.1, -0.05) is 13.8 Å². The van der Waals surface area contributed by atoms with Crippen molar-refractivity contribution in [2.75, 3.05) is 18.0 Å². The zero-order chi connectivity index (χ0) is 17.3. The highest BCUT2D eigenvalue weighted by atomic mass is 16.3. The number of aliphatic hydroxyl groups is 1. The molecule has 1 aliphatic heterocycles. The van der Waals surface area contributed by atoms with Gasteiger partial charge >= 0.3 is 0 Å². The van der Waals surface area contributed by atoms with Crippen LogP contribution >= 0.6 is 0 Å². The van der Waals surface area contributed by atoms with Crippen LogP contribution in [0.1, 0.15) is 37.9 Å². The Kier molecular flexibility index (Phi) is 4.54. The second-order valence-electron chi connectivity index (χ2n) is 7.55. The standard InChI is InChI=1S/C19H26N4O/c1-13-14(2)21-17(15-5-8-20-9-6-15)22-18(13)23-10-7-16(24)11-19(3,4)12-23/h5-6,8-9,16,24H,7,10-12H2,1-4H3. The zero-order valence-corrected chi connectivity index (χ0v) is 15.0. The summed E-state index contributed by atoms with van der Waals surface area (Å²) in [7, 11) is 0. The highest BCUT2D eigenvalue weighted by Gasteiger charge is 2.30. The molecule has 0 amide bonds. The van der Waals surface area contributed by atoms with E-state index in [0.29, 0.717) is 0 Å². The van der Waals surface area contributed by atoms with Gasteiger partial charge in [-0.25, -0.2) is 9.97 Å². The van der Waals surface area contributed by atoms with Gasteiger partial charge in [0.15, 0.2) is 5.82 Å². The lowest BCUT2D eigenvalue weighted by molar-refractivity contribution is 0.123. The van der Waals surface area contributed by atoms with Gasteiger partial charge in [0.05, 0.1) is 6.10 Å². The number of aryl methyl sites for hydroxylation is 1. The number of hydrogen-bond acceptors (Lipinski definition) is 5. The fourth-order valence-electron chi connectivity index (χ4n) is 3.44. The number of pyridine rings is 1. The summed E-state index contributed by atoms with van der Waals surface area (Å²) in [4.78, 5) is 15.9. The molecule has 5 nitrogen and oxygen atoms in total. The number of anilines is 1. The third-order valence-electron chi connectivity index (χ3n) is 4.74. The van der Waals surface area contributed by atoms with E-state index in [1.54, 1.807) is 12.4 Å². The van der Waals surface area contributed by atoms with Gasteiger partial charge in [0.1, 0.15) is 5.82 Å². The average molecular weight is 326 g/mol. The Bertz CT molecular complexity index is 715. The van der Waals surface area contributed by atoms with Gasteiger partial charge in [-0.3, -0.25) is 4.98 Å². The monoisotopic (exact) mass is 326 g/mol. The minimum Gasteiger partial charge on any atom is -0.393 e. The van der Waals surface area contributed by atoms with Crippen LogP contribution in [0.3, 0.4) is 0 Å². The van der Waals surface area contributed by atoms with Crippen molar-refractivity contribution in [3.8, 4) is 11.4 Å². The van der Waals surface area contributed by atoms with Crippen LogP contribution in [-0.2, 0) is 0 Å². The predicted octanol–water partition coefficient (Wildman–Crippen LogP) is 3.14. The van der Waals surface area contributed by atoms with Gasteiger partial charge in [-0.15, -0.1) is 0 Å². The van der Waals surface area contributed by atoms with E-state index in [2.05, 4.69) is 35.6 Å². The van der Waals surface area contributed by atoms with E-state index >= 15 is 0 Å². The summed E-state index contributed by atoms with van der Waals surface area (Å²) in [6, 6.07) is 3.87. The molecule has 0 radical (unpaired) electrons. The summed E-state index contributed by atoms with van der Waals surface area (Å²) in [6.07, 6.45) is 4.88. The first-order valence-corrected chi connectivity index (χ1v) is 8.54. The first-order valence-electron chi connectivity index (χ1n) is 8.54. The molecule has 1 aliphatic rings. The van der Waals surface area contributed by atoms with Gasteiger partial charge < -0.3 is 10.0 Å². The van der Waals surface area contributed by atoms with Crippen molar-refractivity contribution in [1.82, 2.24) is 15.0 Å². The van der Waals surface area contributed by atoms with E-state index in [9.17, 15) is 5.11 Å². The fourth-order valence-corrected chi connectivity index (χ4v) is 3.44. The smallest absolute Gasteiger partial charge is 0.161 e. The molecule has 128 valence electrons. The second-order valence-corrected chi connectivity index (χ2v) is 7.55. The lowest BCUT2D eigenvalue weighted by atomic mass is 9.87. The average Bonchev–Trinajstić information content (AvgIpc) is 2.67. The molecule has 5 heteroatoms. The summed E-state index contributed by atoms with van der Waals surface area (Å²) in [5.74, 6) is 1.72. The van der Waals surface area contributed by atoms with Gasteiger partial charge in [-0.05, 0) is 44.2 Å². The minimum absolute atomic E-state index is 0.0536. The van der Waals surface area contributed by atoms with Crippen molar-refractivity contribution in [2.45, 2.75) is 46.6 Å². The van der Waals surface area contributed by atoms with Crippen LogP contribution in [0, 0.1) is 19.3 Å². The molecule has 1 fully saturated rings. The summed E-state index contributed by atoms with van der Waals surface area (Å²) in [5, 5.41) is 10.2. The molecule has 2 aromatic heterocycles. The van der Waals surface area contributed by atoms with E-state index in [1.165, 1.54) is 0 Å². The normalized spacial score (nSPS) is 20.7. The Morgan fingerprint density at radius 3 is 2.58 bits per heavy atom. The molecule has 0 bridgehead atoms. The Labute approximate surface area is 143 Å². The van der Waals surface area contributed by atoms with Gasteiger partial charge in [0.2, 0.25) is 0 Å². The molecule has 1 atom stereocenters. The van der Waals surface area contributed by atoms with Crippen molar-refractivity contribution in [3.63, 3.8) is 0 Å². The molecule has 1 saturated heterocycles. The molecule has 1 unspecified atom stereocenters. The molecule has 0 aliphatic carbocycles. The Morgan fingerprint density at radius 2 is 1.88 bits per heavy atom. The molecule has 0 aromatic carbocycles. The Morgan fingerprint density at radius 1 is 1.17 bits per heavy atom. The maximum Gasteiger partial charge on any atom is 0.161 e. The van der Waals surface area contributed by atoms with Crippen LogP contribution in [0.15, 0.2) is 24.5 Å². The quantitative estimate of drug-likeness (QED) is 0.918. The van der Waals surface area contributed by atoms with Crippen LogP contribution in [0.4, 0.5) is 5.82 Å². The SMILES string of the molecule is Cc1nc(-c2ccncc2)nc(N2CCC(O)CC(C)(C)C2)c1C. The fraction of sp³-hybridized carbons (Fsp3) is 0.526. The third kappa shape index (κ3) is 3.56. The summed E-state index contributed by atoms with van der Waals surface area (Å²) in [6.45, 7) is 10.2. The summed E-state index contributed by atoms with van der Waals surface area (Å²) < 4.78 is 0. The maximum atomic E-state index is 10.2. The zero-order valence-electron chi connectivity index (χ0n) is 15.0. The lowest BCUT2D eigenvalue weighted by Gasteiger charge is -2.31. The first-order chi connectivity index (χ1) is 11.4. The van der Waals surface area contributed by atoms with Crippen molar-refractivity contribution >= 4 is 5.82 Å². The van der Waals surface area contributed by atoms with Crippen LogP contribution in [0.5, 0.6) is 0 Å². The van der Waals surface area contributed by atoms with E-state index < -0.39 is 0 Å². The summed E-state index contributed by atoms with van der Waals surface area (Å²) in [5.41, 5.74) is 3.13. The highest BCUT2D eigenvalue weighted by molar-refractivity contribution is 5.60. The molecule has 24 heavy (non-hydrogen) atoms. The van der Waals surface area contributed by atoms with E-state index in [-0.39, 0.29) is 11.5 Å².